The molecule has 0 atom stereocenters. The first-order valence-corrected chi connectivity index (χ1v) is 9.12. The van der Waals surface area contributed by atoms with Gasteiger partial charge in [-0.15, -0.1) is 0 Å². The predicted molar refractivity (Wildman–Crippen MR) is 115 cm³/mol. The van der Waals surface area contributed by atoms with E-state index in [0.717, 1.165) is 18.8 Å². The zero-order chi connectivity index (χ0) is 23.2. The minimum atomic E-state index is -0.556. The summed E-state index contributed by atoms with van der Waals surface area (Å²) in [4.78, 5) is 19.2. The zero-order valence-electron chi connectivity index (χ0n) is 17.4. The van der Waals surface area contributed by atoms with Crippen LogP contribution in [0.3, 0.4) is 0 Å². The Bertz CT molecular complexity index is 941. The maximum Gasteiger partial charge on any atom is 0.235 e. The molecule has 0 saturated heterocycles. The number of aromatic hydroxyl groups is 1. The van der Waals surface area contributed by atoms with Crippen LogP contribution in [0.15, 0.2) is 48.8 Å². The molecule has 0 amide bonds. The summed E-state index contributed by atoms with van der Waals surface area (Å²) in [5, 5.41) is 29.5. The van der Waals surface area contributed by atoms with Crippen LogP contribution < -0.4 is 14.2 Å². The lowest BCUT2D eigenvalue weighted by Crippen LogP contribution is -1.97. The highest BCUT2D eigenvalue weighted by Gasteiger charge is 2.04. The van der Waals surface area contributed by atoms with Crippen molar-refractivity contribution in [3.05, 3.63) is 80.2 Å². The molecule has 0 bridgehead atoms. The van der Waals surface area contributed by atoms with Gasteiger partial charge in [-0.3, -0.25) is 20.2 Å². The molecular formula is C21H24N2O8. The molecule has 10 nitrogen and oxygen atoms in total. The summed E-state index contributed by atoms with van der Waals surface area (Å²) in [5.41, 5.74) is 1.29. The average molecular weight is 432 g/mol. The summed E-state index contributed by atoms with van der Waals surface area (Å²) in [5.74, 6) is 1.51. The van der Waals surface area contributed by atoms with Crippen molar-refractivity contribution in [1.82, 2.24) is 0 Å². The van der Waals surface area contributed by atoms with Crippen LogP contribution in [-0.2, 0) is 0 Å². The van der Waals surface area contributed by atoms with E-state index in [1.807, 2.05) is 6.92 Å². The van der Waals surface area contributed by atoms with Gasteiger partial charge >= 0.3 is 0 Å². The van der Waals surface area contributed by atoms with E-state index in [4.69, 9.17) is 14.2 Å². The molecular weight excluding hydrogens is 408 g/mol. The Morgan fingerprint density at radius 2 is 1.39 bits per heavy atom. The van der Waals surface area contributed by atoms with E-state index < -0.39 is 9.85 Å². The van der Waals surface area contributed by atoms with Gasteiger partial charge < -0.3 is 19.3 Å². The van der Waals surface area contributed by atoms with Gasteiger partial charge in [0.25, 0.3) is 0 Å². The van der Waals surface area contributed by atoms with Gasteiger partial charge in [0.2, 0.25) is 12.4 Å². The van der Waals surface area contributed by atoms with Crippen LogP contribution in [0, 0.1) is 20.2 Å². The SMILES string of the molecule is CCCOc1ccc(C=C[N+](=O)[O-])cc1OC.COc1cc(C=C[N+](=O)[O-])ccc1O. The number of phenolic OH excluding ortho intramolecular Hbond substituents is 1. The van der Waals surface area contributed by atoms with E-state index in [1.165, 1.54) is 38.5 Å². The van der Waals surface area contributed by atoms with Crippen LogP contribution in [0.25, 0.3) is 12.2 Å². The molecule has 1 N–H and O–H groups in total. The highest BCUT2D eigenvalue weighted by molar-refractivity contribution is 5.55. The molecule has 0 aliphatic rings. The second-order valence-electron chi connectivity index (χ2n) is 5.89. The third kappa shape index (κ3) is 9.31. The zero-order valence-corrected chi connectivity index (χ0v) is 17.4. The number of hydrogen-bond donors (Lipinski definition) is 1. The van der Waals surface area contributed by atoms with Crippen LogP contribution in [0.4, 0.5) is 0 Å². The Morgan fingerprint density at radius 3 is 1.87 bits per heavy atom. The predicted octanol–water partition coefficient (Wildman–Crippen LogP) is 4.38. The van der Waals surface area contributed by atoms with Gasteiger partial charge in [0.05, 0.1) is 30.7 Å². The van der Waals surface area contributed by atoms with Gasteiger partial charge in [0, 0.05) is 12.2 Å². The molecule has 2 aromatic carbocycles. The molecule has 0 radical (unpaired) electrons. The van der Waals surface area contributed by atoms with E-state index in [9.17, 15) is 25.3 Å². The highest BCUT2D eigenvalue weighted by atomic mass is 16.6. The first kappa shape index (κ1) is 25.0. The monoisotopic (exact) mass is 432 g/mol. The maximum atomic E-state index is 10.2. The van der Waals surface area contributed by atoms with Crippen molar-refractivity contribution in [3.63, 3.8) is 0 Å². The lowest BCUT2D eigenvalue weighted by molar-refractivity contribution is -0.401. The molecule has 0 aliphatic heterocycles. The van der Waals surface area contributed by atoms with Crippen LogP contribution >= 0.6 is 0 Å². The summed E-state index contributed by atoms with van der Waals surface area (Å²) < 4.78 is 15.5. The Hall–Kier alpha value is -4.08. The summed E-state index contributed by atoms with van der Waals surface area (Å²) in [7, 11) is 2.95. The van der Waals surface area contributed by atoms with Crippen molar-refractivity contribution in [2.75, 3.05) is 20.8 Å². The second kappa shape index (κ2) is 13.2. The third-order valence-corrected chi connectivity index (χ3v) is 3.63. The van der Waals surface area contributed by atoms with Gasteiger partial charge in [-0.1, -0.05) is 19.1 Å². The topological polar surface area (TPSA) is 134 Å². The number of hydrogen-bond acceptors (Lipinski definition) is 8. The van der Waals surface area contributed by atoms with E-state index in [0.29, 0.717) is 29.2 Å². The molecule has 166 valence electrons. The number of ether oxygens (including phenoxy) is 3. The summed E-state index contributed by atoms with van der Waals surface area (Å²) in [6, 6.07) is 9.66. The fourth-order valence-corrected chi connectivity index (χ4v) is 2.21. The van der Waals surface area contributed by atoms with E-state index in [2.05, 4.69) is 0 Å². The number of nitro groups is 2. The third-order valence-electron chi connectivity index (χ3n) is 3.63. The summed E-state index contributed by atoms with van der Waals surface area (Å²) >= 11 is 0. The first-order valence-electron chi connectivity index (χ1n) is 9.12. The van der Waals surface area contributed by atoms with Crippen LogP contribution in [0.5, 0.6) is 23.0 Å². The number of nitrogens with zero attached hydrogens (tertiary/aromatic N) is 2. The molecule has 0 fully saturated rings. The summed E-state index contributed by atoms with van der Waals surface area (Å²) in [6.07, 6.45) is 5.35. The molecule has 0 aliphatic carbocycles. The second-order valence-corrected chi connectivity index (χ2v) is 5.89. The highest BCUT2D eigenvalue weighted by Crippen LogP contribution is 2.29. The minimum absolute atomic E-state index is 0.00533. The quantitative estimate of drug-likeness (QED) is 0.456. The van der Waals surface area contributed by atoms with Gasteiger partial charge in [0.15, 0.2) is 23.0 Å². The van der Waals surface area contributed by atoms with Crippen molar-refractivity contribution in [2.45, 2.75) is 13.3 Å². The Kier molecular flexibility index (Phi) is 10.6. The van der Waals surface area contributed by atoms with Gasteiger partial charge in [-0.05, 0) is 41.8 Å². The Morgan fingerprint density at radius 1 is 0.871 bits per heavy atom. The molecule has 0 aromatic heterocycles. The van der Waals surface area contributed by atoms with Crippen molar-refractivity contribution in [2.24, 2.45) is 0 Å². The molecule has 0 spiro atoms. The van der Waals surface area contributed by atoms with Crippen molar-refractivity contribution in [3.8, 4) is 23.0 Å². The van der Waals surface area contributed by atoms with Gasteiger partial charge in [-0.25, -0.2) is 0 Å². The Labute approximate surface area is 179 Å². The first-order chi connectivity index (χ1) is 14.8. The molecule has 10 heteroatoms. The summed E-state index contributed by atoms with van der Waals surface area (Å²) in [6.45, 7) is 2.63. The number of phenols is 1. The van der Waals surface area contributed by atoms with Crippen molar-refractivity contribution in [1.29, 1.82) is 0 Å². The smallest absolute Gasteiger partial charge is 0.235 e. The standard InChI is InChI=1S/C12H15NO4.C9H9NO4/c1-3-8-17-11-5-4-10(6-7-13(14)15)9-12(11)16-2;1-14-9-6-7(2-3-8(9)11)4-5-10(12)13/h4-7,9H,3,8H2,1-2H3;2-6,11H,1H3. The maximum absolute atomic E-state index is 10.2. The molecule has 31 heavy (non-hydrogen) atoms. The number of rotatable bonds is 9. The van der Waals surface area contributed by atoms with Gasteiger partial charge in [0.1, 0.15) is 0 Å². The fourth-order valence-electron chi connectivity index (χ4n) is 2.21. The van der Waals surface area contributed by atoms with E-state index in [1.54, 1.807) is 24.3 Å². The van der Waals surface area contributed by atoms with E-state index >= 15 is 0 Å². The average Bonchev–Trinajstić information content (AvgIpc) is 2.76. The molecule has 2 aromatic rings. The molecule has 0 unspecified atom stereocenters. The minimum Gasteiger partial charge on any atom is -0.504 e. The van der Waals surface area contributed by atoms with Crippen LogP contribution in [-0.4, -0.2) is 35.8 Å². The van der Waals surface area contributed by atoms with Crippen LogP contribution in [0.2, 0.25) is 0 Å². The number of benzene rings is 2. The van der Waals surface area contributed by atoms with E-state index in [-0.39, 0.29) is 11.5 Å². The lowest BCUT2D eigenvalue weighted by Gasteiger charge is -2.10. The van der Waals surface area contributed by atoms with Crippen LogP contribution in [0.1, 0.15) is 24.5 Å². The normalized spacial score (nSPS) is 10.4. The molecule has 2 rings (SSSR count). The van der Waals surface area contributed by atoms with Gasteiger partial charge in [-0.2, -0.15) is 0 Å². The lowest BCUT2D eigenvalue weighted by atomic mass is 10.2. The molecule has 0 heterocycles. The van der Waals surface area contributed by atoms with Crippen molar-refractivity contribution < 1.29 is 29.2 Å². The molecule has 0 saturated carbocycles. The fraction of sp³-hybridized carbons (Fsp3) is 0.238. The number of methoxy groups -OCH3 is 2. The Balaban J connectivity index is 0.000000316. The van der Waals surface area contributed by atoms with Crippen molar-refractivity contribution >= 4 is 12.2 Å². The largest absolute Gasteiger partial charge is 0.504 e.